The number of allylic oxidation sites excluding steroid dienone is 3. The van der Waals surface area contributed by atoms with Gasteiger partial charge in [-0.2, -0.15) is 0 Å². The minimum atomic E-state index is -0.147. The zero-order valence-electron chi connectivity index (χ0n) is 13.3. The Hall–Kier alpha value is -2.07. The number of ketones is 1. The second-order valence-corrected chi connectivity index (χ2v) is 6.36. The topological polar surface area (TPSA) is 17.1 Å². The molecular formula is C20H22O. The highest BCUT2D eigenvalue weighted by Crippen LogP contribution is 2.45. The van der Waals surface area contributed by atoms with E-state index in [1.54, 1.807) is 0 Å². The van der Waals surface area contributed by atoms with E-state index in [1.165, 1.54) is 0 Å². The first-order chi connectivity index (χ1) is 9.84. The summed E-state index contributed by atoms with van der Waals surface area (Å²) in [6.45, 7) is 12.3. The third-order valence-corrected chi connectivity index (χ3v) is 4.40. The first-order valence-electron chi connectivity index (χ1n) is 7.31. The quantitative estimate of drug-likeness (QED) is 0.544. The summed E-state index contributed by atoms with van der Waals surface area (Å²) in [7, 11) is 0. The van der Waals surface area contributed by atoms with Gasteiger partial charge in [-0.15, -0.1) is 0 Å². The van der Waals surface area contributed by atoms with Crippen molar-refractivity contribution in [3.63, 3.8) is 0 Å². The molecule has 21 heavy (non-hydrogen) atoms. The van der Waals surface area contributed by atoms with E-state index in [9.17, 15) is 4.79 Å². The lowest BCUT2D eigenvalue weighted by molar-refractivity contribution is -0.117. The van der Waals surface area contributed by atoms with Gasteiger partial charge in [0.2, 0.25) is 0 Å². The van der Waals surface area contributed by atoms with Gasteiger partial charge in [0.25, 0.3) is 0 Å². The molecule has 1 heteroatoms. The zero-order chi connectivity index (χ0) is 15.6. The summed E-state index contributed by atoms with van der Waals surface area (Å²) in [4.78, 5) is 12.3. The van der Waals surface area contributed by atoms with Crippen LogP contribution in [-0.2, 0) is 4.79 Å². The molecule has 0 saturated carbocycles. The maximum absolute atomic E-state index is 12.3. The second-order valence-electron chi connectivity index (χ2n) is 6.36. The van der Waals surface area contributed by atoms with Crippen LogP contribution in [0.15, 0.2) is 53.6 Å². The molecule has 1 nitrogen and oxygen atoms in total. The van der Waals surface area contributed by atoms with Crippen LogP contribution in [0.25, 0.3) is 0 Å². The van der Waals surface area contributed by atoms with E-state index in [-0.39, 0.29) is 17.1 Å². The molecule has 2 rings (SSSR count). The van der Waals surface area contributed by atoms with E-state index < -0.39 is 0 Å². The van der Waals surface area contributed by atoms with Crippen molar-refractivity contribution in [1.82, 2.24) is 0 Å². The second kappa shape index (κ2) is 5.74. The molecule has 1 atom stereocenters. The van der Waals surface area contributed by atoms with Crippen LogP contribution in [0.1, 0.15) is 39.7 Å². The highest BCUT2D eigenvalue weighted by Gasteiger charge is 2.40. The van der Waals surface area contributed by atoms with Crippen LogP contribution in [0, 0.1) is 23.2 Å². The molecule has 0 bridgehead atoms. The molecule has 0 amide bonds. The average Bonchev–Trinajstić information content (AvgIpc) is 2.43. The minimum absolute atomic E-state index is 0.147. The summed E-state index contributed by atoms with van der Waals surface area (Å²) in [6.07, 6.45) is 0.546. The standard InChI is InChI=1S/C20H22O/c1-14(2)18-13-19(21)15(3)17(20(18,4)5)12-11-16-9-7-6-8-10-16/h6-10,18H,1,13H2,2-5H3/t18-/m0/s1. The molecule has 1 aliphatic rings. The van der Waals surface area contributed by atoms with E-state index in [1.807, 2.05) is 44.2 Å². The number of rotatable bonds is 1. The number of hydrogen-bond donors (Lipinski definition) is 0. The lowest BCUT2D eigenvalue weighted by Crippen LogP contribution is -2.34. The van der Waals surface area contributed by atoms with Crippen LogP contribution in [0.5, 0.6) is 0 Å². The molecule has 0 spiro atoms. The Balaban J connectivity index is 2.49. The third kappa shape index (κ3) is 3.00. The fraction of sp³-hybridized carbons (Fsp3) is 0.350. The van der Waals surface area contributed by atoms with Crippen LogP contribution >= 0.6 is 0 Å². The molecule has 0 saturated heterocycles. The van der Waals surface area contributed by atoms with Crippen molar-refractivity contribution in [2.24, 2.45) is 11.3 Å². The van der Waals surface area contributed by atoms with Crippen molar-refractivity contribution in [2.45, 2.75) is 34.1 Å². The Labute approximate surface area is 127 Å². The zero-order valence-corrected chi connectivity index (χ0v) is 13.3. The van der Waals surface area contributed by atoms with E-state index in [4.69, 9.17) is 0 Å². The Morgan fingerprint density at radius 2 is 1.86 bits per heavy atom. The SMILES string of the molecule is C=C(C)[C@@H]1CC(=O)C(C)=C(C#Cc2ccccc2)C1(C)C. The van der Waals surface area contributed by atoms with Gasteiger partial charge < -0.3 is 0 Å². The Morgan fingerprint density at radius 1 is 1.24 bits per heavy atom. The van der Waals surface area contributed by atoms with Gasteiger partial charge in [0, 0.05) is 28.5 Å². The van der Waals surface area contributed by atoms with Crippen molar-refractivity contribution >= 4 is 5.78 Å². The van der Waals surface area contributed by atoms with Crippen molar-refractivity contribution in [1.29, 1.82) is 0 Å². The minimum Gasteiger partial charge on any atom is -0.295 e. The van der Waals surface area contributed by atoms with Crippen LogP contribution in [0.2, 0.25) is 0 Å². The summed E-state index contributed by atoms with van der Waals surface area (Å²) in [5, 5.41) is 0. The number of benzene rings is 1. The van der Waals surface area contributed by atoms with Crippen molar-refractivity contribution in [2.75, 3.05) is 0 Å². The fourth-order valence-electron chi connectivity index (χ4n) is 3.09. The molecule has 0 aliphatic heterocycles. The predicted octanol–water partition coefficient (Wildman–Crippen LogP) is 4.55. The molecule has 0 unspecified atom stereocenters. The number of carbonyl (C=O) groups is 1. The van der Waals surface area contributed by atoms with Gasteiger partial charge in [-0.05, 0) is 31.9 Å². The van der Waals surface area contributed by atoms with Gasteiger partial charge in [-0.25, -0.2) is 0 Å². The van der Waals surface area contributed by atoms with Crippen LogP contribution < -0.4 is 0 Å². The highest BCUT2D eigenvalue weighted by atomic mass is 16.1. The largest absolute Gasteiger partial charge is 0.295 e. The van der Waals surface area contributed by atoms with E-state index >= 15 is 0 Å². The van der Waals surface area contributed by atoms with Crippen LogP contribution in [0.4, 0.5) is 0 Å². The molecule has 0 radical (unpaired) electrons. The molecule has 0 N–H and O–H groups in total. The van der Waals surface area contributed by atoms with Crippen molar-refractivity contribution in [3.05, 3.63) is 59.2 Å². The average molecular weight is 278 g/mol. The van der Waals surface area contributed by atoms with E-state index in [0.29, 0.717) is 6.42 Å². The maximum Gasteiger partial charge on any atom is 0.160 e. The first kappa shape index (κ1) is 15.3. The fourth-order valence-corrected chi connectivity index (χ4v) is 3.09. The summed E-state index contributed by atoms with van der Waals surface area (Å²) in [6, 6.07) is 9.88. The third-order valence-electron chi connectivity index (χ3n) is 4.40. The molecule has 1 aliphatic carbocycles. The number of carbonyl (C=O) groups excluding carboxylic acids is 1. The van der Waals surface area contributed by atoms with Gasteiger partial charge in [-0.3, -0.25) is 4.79 Å². The lowest BCUT2D eigenvalue weighted by Gasteiger charge is -2.39. The number of hydrogen-bond acceptors (Lipinski definition) is 1. The molecule has 1 aromatic rings. The van der Waals surface area contributed by atoms with Gasteiger partial charge in [0.1, 0.15) is 0 Å². The summed E-state index contributed by atoms with van der Waals surface area (Å²) >= 11 is 0. The summed E-state index contributed by atoms with van der Waals surface area (Å²) in [5.41, 5.74) is 3.64. The van der Waals surface area contributed by atoms with Crippen molar-refractivity contribution < 1.29 is 4.79 Å². The van der Waals surface area contributed by atoms with E-state index in [2.05, 4.69) is 32.3 Å². The summed E-state index contributed by atoms with van der Waals surface area (Å²) < 4.78 is 0. The highest BCUT2D eigenvalue weighted by molar-refractivity contribution is 5.98. The molecule has 0 fully saturated rings. The molecular weight excluding hydrogens is 256 g/mol. The normalized spacial score (nSPS) is 20.8. The smallest absolute Gasteiger partial charge is 0.160 e. The summed E-state index contributed by atoms with van der Waals surface area (Å²) in [5.74, 6) is 6.81. The van der Waals surface area contributed by atoms with Gasteiger partial charge >= 0.3 is 0 Å². The molecule has 0 heterocycles. The lowest BCUT2D eigenvalue weighted by atomic mass is 9.63. The van der Waals surface area contributed by atoms with Crippen molar-refractivity contribution in [3.8, 4) is 11.8 Å². The number of Topliss-reactive ketones (excluding diaryl/α,β-unsaturated/α-hetero) is 1. The molecule has 1 aromatic carbocycles. The first-order valence-corrected chi connectivity index (χ1v) is 7.31. The van der Waals surface area contributed by atoms with Crippen LogP contribution in [0.3, 0.4) is 0 Å². The van der Waals surface area contributed by atoms with Gasteiger partial charge in [0.15, 0.2) is 5.78 Å². The Kier molecular flexibility index (Phi) is 4.19. The van der Waals surface area contributed by atoms with Gasteiger partial charge in [-0.1, -0.05) is 56.0 Å². The van der Waals surface area contributed by atoms with E-state index in [0.717, 1.165) is 22.3 Å². The Morgan fingerprint density at radius 3 is 2.43 bits per heavy atom. The monoisotopic (exact) mass is 278 g/mol. The molecule has 0 aromatic heterocycles. The Bertz CT molecular complexity index is 663. The predicted molar refractivity (Wildman–Crippen MR) is 87.7 cm³/mol. The molecule has 108 valence electrons. The van der Waals surface area contributed by atoms with Crippen LogP contribution in [-0.4, -0.2) is 5.78 Å². The maximum atomic E-state index is 12.3. The van der Waals surface area contributed by atoms with Gasteiger partial charge in [0.05, 0.1) is 0 Å².